The molecule has 142 valence electrons. The van der Waals surface area contributed by atoms with E-state index in [1.54, 1.807) is 4.90 Å². The van der Waals surface area contributed by atoms with E-state index in [0.29, 0.717) is 43.2 Å². The Morgan fingerprint density at radius 1 is 1.30 bits per heavy atom. The summed E-state index contributed by atoms with van der Waals surface area (Å²) in [4.78, 5) is 33.9. The predicted octanol–water partition coefficient (Wildman–Crippen LogP) is 2.08. The average molecular weight is 370 g/mol. The Kier molecular flexibility index (Phi) is 3.47. The van der Waals surface area contributed by atoms with Crippen molar-refractivity contribution in [1.29, 1.82) is 0 Å². The standard InChI is InChI=1S/C19H22N4O4/c1-3-19-9-22(7-8-23(19)18(25)26-10-19)17(24)15-12-5-4-6-13(12)20-16-14(15)11(2)21-27-16/h3-10H2,1-2H3. The van der Waals surface area contributed by atoms with Gasteiger partial charge in [0, 0.05) is 25.3 Å². The lowest BCUT2D eigenvalue weighted by molar-refractivity contribution is 0.0362. The van der Waals surface area contributed by atoms with Gasteiger partial charge in [-0.3, -0.25) is 9.69 Å². The highest BCUT2D eigenvalue weighted by atomic mass is 16.6. The van der Waals surface area contributed by atoms with Crippen LogP contribution in [0.1, 0.15) is 47.1 Å². The van der Waals surface area contributed by atoms with Gasteiger partial charge < -0.3 is 14.2 Å². The van der Waals surface area contributed by atoms with Gasteiger partial charge in [-0.1, -0.05) is 12.1 Å². The summed E-state index contributed by atoms with van der Waals surface area (Å²) in [6.45, 7) is 5.70. The number of pyridine rings is 1. The lowest BCUT2D eigenvalue weighted by atomic mass is 9.92. The van der Waals surface area contributed by atoms with E-state index in [9.17, 15) is 9.59 Å². The van der Waals surface area contributed by atoms with Crippen molar-refractivity contribution < 1.29 is 18.8 Å². The summed E-state index contributed by atoms with van der Waals surface area (Å²) in [6, 6.07) is 0. The first-order valence-electron chi connectivity index (χ1n) is 9.55. The maximum atomic E-state index is 13.6. The number of carbonyl (C=O) groups is 2. The smallest absolute Gasteiger partial charge is 0.410 e. The van der Waals surface area contributed by atoms with E-state index in [-0.39, 0.29) is 12.0 Å². The van der Waals surface area contributed by atoms with E-state index in [1.807, 2.05) is 18.7 Å². The fraction of sp³-hybridized carbons (Fsp3) is 0.579. The fourth-order valence-electron chi connectivity index (χ4n) is 4.75. The van der Waals surface area contributed by atoms with Crippen molar-refractivity contribution in [2.75, 3.05) is 26.2 Å². The number of aryl methyl sites for hydroxylation is 2. The Labute approximate surface area is 156 Å². The number of amides is 2. The largest absolute Gasteiger partial charge is 0.447 e. The molecule has 27 heavy (non-hydrogen) atoms. The van der Waals surface area contributed by atoms with Crippen LogP contribution in [0.25, 0.3) is 11.1 Å². The van der Waals surface area contributed by atoms with Gasteiger partial charge in [0.15, 0.2) is 0 Å². The Balaban J connectivity index is 1.57. The van der Waals surface area contributed by atoms with Crippen LogP contribution in [-0.4, -0.2) is 63.7 Å². The van der Waals surface area contributed by atoms with Gasteiger partial charge in [-0.2, -0.15) is 0 Å². The summed E-state index contributed by atoms with van der Waals surface area (Å²) in [7, 11) is 0. The Morgan fingerprint density at radius 2 is 2.15 bits per heavy atom. The fourth-order valence-corrected chi connectivity index (χ4v) is 4.75. The lowest BCUT2D eigenvalue weighted by Gasteiger charge is -2.44. The molecule has 1 aliphatic carbocycles. The lowest BCUT2D eigenvalue weighted by Crippen LogP contribution is -2.62. The van der Waals surface area contributed by atoms with Crippen molar-refractivity contribution in [2.24, 2.45) is 0 Å². The number of nitrogens with zero attached hydrogens (tertiary/aromatic N) is 4. The molecule has 2 saturated heterocycles. The minimum absolute atomic E-state index is 0.0151. The van der Waals surface area contributed by atoms with Gasteiger partial charge in [0.1, 0.15) is 6.61 Å². The van der Waals surface area contributed by atoms with Crippen molar-refractivity contribution >= 4 is 23.1 Å². The van der Waals surface area contributed by atoms with E-state index >= 15 is 0 Å². The minimum atomic E-state index is -0.427. The highest BCUT2D eigenvalue weighted by Crippen LogP contribution is 2.36. The molecule has 0 aromatic carbocycles. The molecule has 0 radical (unpaired) electrons. The minimum Gasteiger partial charge on any atom is -0.447 e. The van der Waals surface area contributed by atoms with Crippen molar-refractivity contribution in [3.05, 3.63) is 22.5 Å². The summed E-state index contributed by atoms with van der Waals surface area (Å²) in [6.07, 6.45) is 3.19. The molecule has 0 saturated carbocycles. The second-order valence-corrected chi connectivity index (χ2v) is 7.72. The van der Waals surface area contributed by atoms with Gasteiger partial charge in [0.05, 0.1) is 22.2 Å². The van der Waals surface area contributed by atoms with E-state index < -0.39 is 5.54 Å². The van der Waals surface area contributed by atoms with Crippen LogP contribution in [0.5, 0.6) is 0 Å². The molecule has 8 heteroatoms. The van der Waals surface area contributed by atoms with Gasteiger partial charge >= 0.3 is 6.09 Å². The first-order valence-corrected chi connectivity index (χ1v) is 9.55. The average Bonchev–Trinajstić information content (AvgIpc) is 3.38. The molecule has 2 amide bonds. The Hall–Kier alpha value is -2.64. The van der Waals surface area contributed by atoms with Gasteiger partial charge in [0.2, 0.25) is 0 Å². The quantitative estimate of drug-likeness (QED) is 0.804. The van der Waals surface area contributed by atoms with E-state index in [2.05, 4.69) is 10.1 Å². The number of hydrogen-bond acceptors (Lipinski definition) is 6. The monoisotopic (exact) mass is 370 g/mol. The van der Waals surface area contributed by atoms with Gasteiger partial charge in [0.25, 0.3) is 11.6 Å². The van der Waals surface area contributed by atoms with Crippen LogP contribution in [0, 0.1) is 6.92 Å². The Bertz CT molecular complexity index is 968. The first-order chi connectivity index (χ1) is 13.0. The number of hydrogen-bond donors (Lipinski definition) is 0. The molecule has 4 heterocycles. The maximum Gasteiger partial charge on any atom is 0.410 e. The molecule has 0 N–H and O–H groups in total. The number of piperazine rings is 1. The third-order valence-corrected chi connectivity index (χ3v) is 6.32. The van der Waals surface area contributed by atoms with Gasteiger partial charge in [-0.15, -0.1) is 0 Å². The zero-order valence-corrected chi connectivity index (χ0v) is 15.6. The third kappa shape index (κ3) is 2.22. The second kappa shape index (κ2) is 5.68. The van der Waals surface area contributed by atoms with Crippen molar-refractivity contribution in [3.63, 3.8) is 0 Å². The molecular formula is C19H22N4O4. The third-order valence-electron chi connectivity index (χ3n) is 6.32. The molecule has 1 unspecified atom stereocenters. The summed E-state index contributed by atoms with van der Waals surface area (Å²) in [5.41, 5.74) is 3.38. The number of aromatic nitrogens is 2. The van der Waals surface area contributed by atoms with E-state index in [4.69, 9.17) is 9.26 Å². The van der Waals surface area contributed by atoms with Crippen LogP contribution < -0.4 is 0 Å². The van der Waals surface area contributed by atoms with Crippen molar-refractivity contribution in [2.45, 2.75) is 45.1 Å². The molecule has 1 atom stereocenters. The number of fused-ring (bicyclic) bond motifs is 3. The predicted molar refractivity (Wildman–Crippen MR) is 95.5 cm³/mol. The highest BCUT2D eigenvalue weighted by molar-refractivity contribution is 6.07. The van der Waals surface area contributed by atoms with Crippen LogP contribution in [0.3, 0.4) is 0 Å². The molecule has 2 fully saturated rings. The van der Waals surface area contributed by atoms with Gasteiger partial charge in [-0.05, 0) is 38.2 Å². The molecule has 0 spiro atoms. The second-order valence-electron chi connectivity index (χ2n) is 7.72. The van der Waals surface area contributed by atoms with Crippen LogP contribution >= 0.6 is 0 Å². The number of ether oxygens (including phenoxy) is 1. The van der Waals surface area contributed by atoms with Crippen LogP contribution in [0.2, 0.25) is 0 Å². The van der Waals surface area contributed by atoms with E-state index in [0.717, 1.165) is 42.3 Å². The van der Waals surface area contributed by atoms with Gasteiger partial charge in [-0.25, -0.2) is 9.78 Å². The van der Waals surface area contributed by atoms with Crippen LogP contribution in [0.4, 0.5) is 4.79 Å². The number of cyclic esters (lactones) is 1. The molecule has 2 aromatic rings. The zero-order chi connectivity index (χ0) is 18.8. The molecular weight excluding hydrogens is 348 g/mol. The molecule has 3 aliphatic rings. The summed E-state index contributed by atoms with van der Waals surface area (Å²) < 4.78 is 10.7. The molecule has 5 rings (SSSR count). The van der Waals surface area contributed by atoms with E-state index in [1.165, 1.54) is 0 Å². The Morgan fingerprint density at radius 3 is 2.96 bits per heavy atom. The number of rotatable bonds is 2. The molecule has 2 aliphatic heterocycles. The first kappa shape index (κ1) is 16.5. The number of carbonyl (C=O) groups excluding carboxylic acids is 2. The SMILES string of the molecule is CCC12COC(=O)N1CCN(C(=O)c1c3c(nc4onc(C)c14)CCC3)C2. The maximum absolute atomic E-state index is 13.6. The van der Waals surface area contributed by atoms with Crippen molar-refractivity contribution in [3.8, 4) is 0 Å². The normalized spacial score (nSPS) is 24.3. The summed E-state index contributed by atoms with van der Waals surface area (Å²) in [5.74, 6) is -0.0151. The molecule has 2 aromatic heterocycles. The highest BCUT2D eigenvalue weighted by Gasteiger charge is 2.50. The zero-order valence-electron chi connectivity index (χ0n) is 15.6. The van der Waals surface area contributed by atoms with Crippen LogP contribution in [0.15, 0.2) is 4.52 Å². The topological polar surface area (TPSA) is 88.8 Å². The summed E-state index contributed by atoms with van der Waals surface area (Å²) in [5, 5.41) is 4.77. The van der Waals surface area contributed by atoms with Crippen molar-refractivity contribution in [1.82, 2.24) is 19.9 Å². The molecule has 0 bridgehead atoms. The molecule has 8 nitrogen and oxygen atoms in total. The van der Waals surface area contributed by atoms with Crippen LogP contribution in [-0.2, 0) is 17.6 Å². The summed E-state index contributed by atoms with van der Waals surface area (Å²) >= 11 is 0.